The maximum Gasteiger partial charge on any atom is 0.273 e. The van der Waals surface area contributed by atoms with Gasteiger partial charge in [-0.1, -0.05) is 44.2 Å². The Kier molecular flexibility index (Phi) is 6.44. The molecule has 0 unspecified atom stereocenters. The van der Waals surface area contributed by atoms with Crippen molar-refractivity contribution >= 4 is 5.91 Å². The molecule has 0 fully saturated rings. The van der Waals surface area contributed by atoms with Crippen molar-refractivity contribution in [1.82, 2.24) is 15.2 Å². The largest absolute Gasteiger partial charge is 0.468 e. The van der Waals surface area contributed by atoms with Crippen molar-refractivity contribution < 1.29 is 13.6 Å². The first-order valence-corrected chi connectivity index (χ1v) is 9.11. The molecule has 27 heavy (non-hydrogen) atoms. The summed E-state index contributed by atoms with van der Waals surface area (Å²) in [5.41, 5.74) is 1.49. The molecule has 0 saturated carbocycles. The summed E-state index contributed by atoms with van der Waals surface area (Å²) in [5.74, 6) is 1.55. The fourth-order valence-electron chi connectivity index (χ4n) is 2.70. The van der Waals surface area contributed by atoms with Gasteiger partial charge in [0, 0.05) is 13.1 Å². The van der Waals surface area contributed by atoms with Crippen molar-refractivity contribution in [1.29, 1.82) is 0 Å². The molecule has 0 aliphatic heterocycles. The molecule has 0 aliphatic carbocycles. The molecule has 6 nitrogen and oxygen atoms in total. The molecule has 0 saturated heterocycles. The summed E-state index contributed by atoms with van der Waals surface area (Å²) < 4.78 is 11.0. The monoisotopic (exact) mass is 367 g/mol. The van der Waals surface area contributed by atoms with Crippen LogP contribution in [0.5, 0.6) is 0 Å². The van der Waals surface area contributed by atoms with Crippen LogP contribution in [-0.2, 0) is 19.6 Å². The van der Waals surface area contributed by atoms with E-state index in [-0.39, 0.29) is 5.91 Å². The number of nitrogens with zero attached hydrogens (tertiary/aromatic N) is 2. The van der Waals surface area contributed by atoms with Crippen molar-refractivity contribution in [2.75, 3.05) is 6.54 Å². The summed E-state index contributed by atoms with van der Waals surface area (Å²) in [6.45, 7) is 6.53. The number of amides is 1. The van der Waals surface area contributed by atoms with Crippen LogP contribution in [0.25, 0.3) is 0 Å². The molecule has 142 valence electrons. The zero-order chi connectivity index (χ0) is 19.1. The van der Waals surface area contributed by atoms with Crippen molar-refractivity contribution in [2.45, 2.75) is 33.5 Å². The highest BCUT2D eigenvalue weighted by Crippen LogP contribution is 2.14. The third-order valence-electron chi connectivity index (χ3n) is 4.02. The molecule has 1 amide bonds. The van der Waals surface area contributed by atoms with E-state index in [0.717, 1.165) is 12.3 Å². The minimum Gasteiger partial charge on any atom is -0.468 e. The minimum absolute atomic E-state index is 0.209. The van der Waals surface area contributed by atoms with E-state index in [1.807, 2.05) is 44.2 Å². The van der Waals surface area contributed by atoms with Gasteiger partial charge in [-0.05, 0) is 23.6 Å². The van der Waals surface area contributed by atoms with Crippen LogP contribution in [0.1, 0.15) is 41.6 Å². The maximum absolute atomic E-state index is 12.1. The predicted octanol–water partition coefficient (Wildman–Crippen LogP) is 3.86. The molecule has 0 bridgehead atoms. The van der Waals surface area contributed by atoms with Crippen LogP contribution in [0, 0.1) is 5.92 Å². The summed E-state index contributed by atoms with van der Waals surface area (Å²) in [6, 6.07) is 14.0. The van der Waals surface area contributed by atoms with Gasteiger partial charge >= 0.3 is 0 Å². The second-order valence-electron chi connectivity index (χ2n) is 6.94. The van der Waals surface area contributed by atoms with Crippen LogP contribution in [0.15, 0.2) is 63.8 Å². The van der Waals surface area contributed by atoms with Gasteiger partial charge in [-0.25, -0.2) is 4.98 Å². The zero-order valence-corrected chi connectivity index (χ0v) is 15.7. The van der Waals surface area contributed by atoms with E-state index >= 15 is 0 Å². The molecule has 2 aromatic heterocycles. The first-order chi connectivity index (χ1) is 13.1. The quantitative estimate of drug-likeness (QED) is 0.622. The number of benzene rings is 1. The van der Waals surface area contributed by atoms with Crippen LogP contribution in [-0.4, -0.2) is 22.3 Å². The Morgan fingerprint density at radius 3 is 2.59 bits per heavy atom. The lowest BCUT2D eigenvalue weighted by Crippen LogP contribution is -2.27. The smallest absolute Gasteiger partial charge is 0.273 e. The number of hydrogen-bond donors (Lipinski definition) is 1. The molecule has 0 atom stereocenters. The second-order valence-corrected chi connectivity index (χ2v) is 6.94. The number of rotatable bonds is 9. The van der Waals surface area contributed by atoms with Gasteiger partial charge in [-0.15, -0.1) is 0 Å². The summed E-state index contributed by atoms with van der Waals surface area (Å²) in [4.78, 5) is 18.6. The number of furan rings is 1. The number of carbonyl (C=O) groups is 1. The van der Waals surface area contributed by atoms with Crippen LogP contribution in [0.2, 0.25) is 0 Å². The Morgan fingerprint density at radius 2 is 1.89 bits per heavy atom. The Morgan fingerprint density at radius 1 is 1.07 bits per heavy atom. The summed E-state index contributed by atoms with van der Waals surface area (Å²) >= 11 is 0. The number of aromatic nitrogens is 1. The predicted molar refractivity (Wildman–Crippen MR) is 102 cm³/mol. The lowest BCUT2D eigenvalue weighted by atomic mass is 10.2. The fraction of sp³-hybridized carbons (Fsp3) is 0.333. The van der Waals surface area contributed by atoms with Crippen LogP contribution in [0.3, 0.4) is 0 Å². The fourth-order valence-corrected chi connectivity index (χ4v) is 2.70. The van der Waals surface area contributed by atoms with Crippen molar-refractivity contribution in [2.24, 2.45) is 5.92 Å². The Balaban J connectivity index is 1.67. The molecule has 1 aromatic carbocycles. The highest BCUT2D eigenvalue weighted by molar-refractivity contribution is 5.91. The second kappa shape index (κ2) is 9.19. The molecular weight excluding hydrogens is 342 g/mol. The number of oxazole rings is 1. The molecule has 3 rings (SSSR count). The molecule has 0 radical (unpaired) electrons. The van der Waals surface area contributed by atoms with Gasteiger partial charge in [-0.3, -0.25) is 9.69 Å². The lowest BCUT2D eigenvalue weighted by molar-refractivity contribution is 0.0944. The Bertz CT molecular complexity index is 826. The van der Waals surface area contributed by atoms with Gasteiger partial charge in [0.05, 0.1) is 19.4 Å². The number of nitrogens with one attached hydrogen (secondary N) is 1. The first-order valence-electron chi connectivity index (χ1n) is 9.11. The van der Waals surface area contributed by atoms with Crippen LogP contribution < -0.4 is 5.32 Å². The SMILES string of the molecule is CC(C)CNC(=O)c1coc(CN(Cc2ccccc2)Cc2ccco2)n1. The first kappa shape index (κ1) is 18.9. The van der Waals surface area contributed by atoms with E-state index in [1.165, 1.54) is 11.8 Å². The number of carbonyl (C=O) groups excluding carboxylic acids is 1. The van der Waals surface area contributed by atoms with Crippen LogP contribution >= 0.6 is 0 Å². The minimum atomic E-state index is -0.209. The molecule has 3 aromatic rings. The van der Waals surface area contributed by atoms with Crippen LogP contribution in [0.4, 0.5) is 0 Å². The van der Waals surface area contributed by atoms with E-state index in [2.05, 4.69) is 27.3 Å². The van der Waals surface area contributed by atoms with Gasteiger partial charge < -0.3 is 14.2 Å². The van der Waals surface area contributed by atoms with Crippen molar-refractivity contribution in [3.8, 4) is 0 Å². The molecule has 0 spiro atoms. The van der Waals surface area contributed by atoms with E-state index in [9.17, 15) is 4.79 Å². The van der Waals surface area contributed by atoms with E-state index < -0.39 is 0 Å². The molecule has 0 aliphatic rings. The van der Waals surface area contributed by atoms with Crippen molar-refractivity contribution in [3.05, 3.63) is 77.9 Å². The van der Waals surface area contributed by atoms with Gasteiger partial charge in [0.1, 0.15) is 12.0 Å². The Labute approximate surface area is 159 Å². The third-order valence-corrected chi connectivity index (χ3v) is 4.02. The number of hydrogen-bond acceptors (Lipinski definition) is 5. The van der Waals surface area contributed by atoms with E-state index in [4.69, 9.17) is 8.83 Å². The molecule has 6 heteroatoms. The lowest BCUT2D eigenvalue weighted by Gasteiger charge is -2.19. The molecule has 2 heterocycles. The topological polar surface area (TPSA) is 71.5 Å². The molecular formula is C21H25N3O3. The standard InChI is InChI=1S/C21H25N3O3/c1-16(2)11-22-21(25)19-15-27-20(23-19)14-24(13-18-9-6-10-26-18)12-17-7-4-3-5-8-17/h3-10,15-16H,11-14H2,1-2H3,(H,22,25). The van der Waals surface area contributed by atoms with Gasteiger partial charge in [0.2, 0.25) is 5.89 Å². The van der Waals surface area contributed by atoms with E-state index in [1.54, 1.807) is 6.26 Å². The summed E-state index contributed by atoms with van der Waals surface area (Å²) in [7, 11) is 0. The highest BCUT2D eigenvalue weighted by Gasteiger charge is 2.16. The normalized spacial score (nSPS) is 11.3. The zero-order valence-electron chi connectivity index (χ0n) is 15.7. The van der Waals surface area contributed by atoms with E-state index in [0.29, 0.717) is 37.1 Å². The van der Waals surface area contributed by atoms with Crippen molar-refractivity contribution in [3.63, 3.8) is 0 Å². The van der Waals surface area contributed by atoms with Gasteiger partial charge in [0.15, 0.2) is 5.69 Å². The summed E-state index contributed by atoms with van der Waals surface area (Å²) in [5, 5.41) is 2.85. The maximum atomic E-state index is 12.1. The summed E-state index contributed by atoms with van der Waals surface area (Å²) in [6.07, 6.45) is 3.08. The average Bonchev–Trinajstić information content (AvgIpc) is 3.32. The average molecular weight is 367 g/mol. The highest BCUT2D eigenvalue weighted by atomic mass is 16.3. The third kappa shape index (κ3) is 5.82. The van der Waals surface area contributed by atoms with Gasteiger partial charge in [0.25, 0.3) is 5.91 Å². The van der Waals surface area contributed by atoms with Gasteiger partial charge in [-0.2, -0.15) is 0 Å². The Hall–Kier alpha value is -2.86. The molecule has 1 N–H and O–H groups in total.